The van der Waals surface area contributed by atoms with Gasteiger partial charge < -0.3 is 0 Å². The van der Waals surface area contributed by atoms with Gasteiger partial charge in [0.1, 0.15) is 0 Å². The molecule has 3 rings (SSSR count). The van der Waals surface area contributed by atoms with Gasteiger partial charge in [-0.05, 0) is 43.6 Å². The third-order valence-corrected chi connectivity index (χ3v) is 5.30. The van der Waals surface area contributed by atoms with Crippen LogP contribution in [0.3, 0.4) is 0 Å². The first-order valence-corrected chi connectivity index (χ1v) is 7.67. The lowest BCUT2D eigenvalue weighted by atomic mass is 9.48. The average molecular weight is 253 g/mol. The second-order valence-electron chi connectivity index (χ2n) is 6.83. The molecule has 1 nitrogen and oxygen atoms in total. The summed E-state index contributed by atoms with van der Waals surface area (Å²) in [6.07, 6.45) is 10.4. The highest BCUT2D eigenvalue weighted by atomic mass is 14.6. The summed E-state index contributed by atoms with van der Waals surface area (Å²) in [5, 5.41) is 9.72. The van der Waals surface area contributed by atoms with Crippen molar-refractivity contribution >= 4 is 0 Å². The van der Waals surface area contributed by atoms with Gasteiger partial charge in [-0.3, -0.25) is 0 Å². The van der Waals surface area contributed by atoms with Crippen LogP contribution >= 0.6 is 0 Å². The van der Waals surface area contributed by atoms with Crippen molar-refractivity contribution in [3.8, 4) is 6.07 Å². The van der Waals surface area contributed by atoms with Crippen LogP contribution in [0.25, 0.3) is 0 Å². The summed E-state index contributed by atoms with van der Waals surface area (Å²) in [5.74, 6) is 0. The Morgan fingerprint density at radius 3 is 2.32 bits per heavy atom. The van der Waals surface area contributed by atoms with E-state index in [-0.39, 0.29) is 5.41 Å². The highest BCUT2D eigenvalue weighted by Crippen LogP contribution is 2.61. The second kappa shape index (κ2) is 4.67. The predicted octanol–water partition coefficient (Wildman–Crippen LogP) is 4.89. The van der Waals surface area contributed by atoms with E-state index in [1.54, 1.807) is 0 Å². The highest BCUT2D eigenvalue weighted by Gasteiger charge is 2.55. The molecular formula is C18H23N. The van der Waals surface area contributed by atoms with Gasteiger partial charge in [-0.15, -0.1) is 0 Å². The molecule has 0 unspecified atom stereocenters. The van der Waals surface area contributed by atoms with Gasteiger partial charge in [0.2, 0.25) is 0 Å². The Balaban J connectivity index is 1.83. The van der Waals surface area contributed by atoms with Crippen LogP contribution in [0.1, 0.15) is 62.5 Å². The van der Waals surface area contributed by atoms with Crippen molar-refractivity contribution in [3.05, 3.63) is 35.4 Å². The summed E-state index contributed by atoms with van der Waals surface area (Å²) in [5.41, 5.74) is 2.84. The van der Waals surface area contributed by atoms with E-state index in [1.807, 2.05) is 0 Å². The monoisotopic (exact) mass is 253 g/mol. The number of aryl methyl sites for hydroxylation is 1. The van der Waals surface area contributed by atoms with Gasteiger partial charge in [0.05, 0.1) is 11.5 Å². The minimum atomic E-state index is -0.184. The zero-order valence-corrected chi connectivity index (χ0v) is 11.9. The molecule has 2 aliphatic rings. The van der Waals surface area contributed by atoms with Gasteiger partial charge in [0.15, 0.2) is 0 Å². The van der Waals surface area contributed by atoms with Crippen LogP contribution in [0.15, 0.2) is 24.3 Å². The Morgan fingerprint density at radius 1 is 1.05 bits per heavy atom. The molecule has 1 spiro atoms. The van der Waals surface area contributed by atoms with E-state index in [0.717, 1.165) is 12.8 Å². The summed E-state index contributed by atoms with van der Waals surface area (Å²) < 4.78 is 0. The molecule has 1 aromatic rings. The van der Waals surface area contributed by atoms with Crippen molar-refractivity contribution in [1.29, 1.82) is 5.26 Å². The molecule has 1 heteroatoms. The summed E-state index contributed by atoms with van der Waals surface area (Å²) in [4.78, 5) is 0. The smallest absolute Gasteiger partial charge is 0.0833 e. The molecule has 2 aliphatic carbocycles. The third-order valence-electron chi connectivity index (χ3n) is 5.30. The summed E-state index contributed by atoms with van der Waals surface area (Å²) in [6, 6.07) is 11.2. The van der Waals surface area contributed by atoms with Crippen LogP contribution in [-0.2, 0) is 5.41 Å². The molecule has 0 amide bonds. The third kappa shape index (κ3) is 2.18. The van der Waals surface area contributed by atoms with Crippen LogP contribution in [0, 0.1) is 23.7 Å². The lowest BCUT2D eigenvalue weighted by molar-refractivity contribution is 0.0398. The molecule has 2 fully saturated rings. The Morgan fingerprint density at radius 2 is 1.74 bits per heavy atom. The van der Waals surface area contributed by atoms with Crippen LogP contribution in [-0.4, -0.2) is 0 Å². The van der Waals surface area contributed by atoms with Crippen molar-refractivity contribution in [1.82, 2.24) is 0 Å². The number of benzene rings is 1. The van der Waals surface area contributed by atoms with E-state index in [4.69, 9.17) is 0 Å². The molecule has 0 N–H and O–H groups in total. The average Bonchev–Trinajstić information content (AvgIpc) is 2.62. The first-order valence-electron chi connectivity index (χ1n) is 7.67. The van der Waals surface area contributed by atoms with E-state index >= 15 is 0 Å². The van der Waals surface area contributed by atoms with E-state index in [1.165, 1.54) is 49.7 Å². The maximum Gasteiger partial charge on any atom is 0.0833 e. The number of nitriles is 1. The van der Waals surface area contributed by atoms with Crippen molar-refractivity contribution in [2.45, 2.75) is 63.7 Å². The minimum Gasteiger partial charge on any atom is -0.197 e. The number of nitrogens with zero attached hydrogens (tertiary/aromatic N) is 1. The summed E-state index contributed by atoms with van der Waals surface area (Å²) >= 11 is 0. The predicted molar refractivity (Wildman–Crippen MR) is 77.8 cm³/mol. The number of hydrogen-bond acceptors (Lipinski definition) is 1. The Kier molecular flexibility index (Phi) is 3.13. The topological polar surface area (TPSA) is 23.8 Å². The Hall–Kier alpha value is -1.29. The van der Waals surface area contributed by atoms with E-state index < -0.39 is 0 Å². The van der Waals surface area contributed by atoms with Crippen LogP contribution < -0.4 is 0 Å². The molecule has 2 saturated carbocycles. The fourth-order valence-electron chi connectivity index (χ4n) is 4.35. The summed E-state index contributed by atoms with van der Waals surface area (Å²) in [7, 11) is 0. The fraction of sp³-hybridized carbons (Fsp3) is 0.611. The van der Waals surface area contributed by atoms with E-state index in [9.17, 15) is 5.26 Å². The van der Waals surface area contributed by atoms with Crippen LogP contribution in [0.2, 0.25) is 0 Å². The zero-order valence-electron chi connectivity index (χ0n) is 11.9. The standard InChI is InChI=1S/C18H23N/c1-15-7-6-8-16(11-15)18(14-19)12-17(13-18)9-4-2-3-5-10-17/h6-8,11H,2-5,9-10,12-13H2,1H3. The van der Waals surface area contributed by atoms with Crippen LogP contribution in [0.4, 0.5) is 0 Å². The Labute approximate surface area is 116 Å². The van der Waals surface area contributed by atoms with Gasteiger partial charge in [-0.2, -0.15) is 5.26 Å². The van der Waals surface area contributed by atoms with Gasteiger partial charge >= 0.3 is 0 Å². The second-order valence-corrected chi connectivity index (χ2v) is 6.83. The first kappa shape index (κ1) is 12.7. The molecule has 0 aliphatic heterocycles. The van der Waals surface area contributed by atoms with E-state index in [2.05, 4.69) is 37.3 Å². The molecule has 0 bridgehead atoms. The van der Waals surface area contributed by atoms with Crippen molar-refractivity contribution in [3.63, 3.8) is 0 Å². The molecule has 0 heterocycles. The highest BCUT2D eigenvalue weighted by molar-refractivity contribution is 5.39. The van der Waals surface area contributed by atoms with Crippen molar-refractivity contribution in [2.75, 3.05) is 0 Å². The van der Waals surface area contributed by atoms with Gasteiger partial charge in [-0.25, -0.2) is 0 Å². The van der Waals surface area contributed by atoms with E-state index in [0.29, 0.717) is 5.41 Å². The largest absolute Gasteiger partial charge is 0.197 e. The van der Waals surface area contributed by atoms with Gasteiger partial charge in [0.25, 0.3) is 0 Å². The molecule has 100 valence electrons. The zero-order chi connectivity index (χ0) is 13.3. The number of hydrogen-bond donors (Lipinski definition) is 0. The maximum absolute atomic E-state index is 9.72. The molecule has 0 radical (unpaired) electrons. The fourth-order valence-corrected chi connectivity index (χ4v) is 4.35. The lowest BCUT2D eigenvalue weighted by Crippen LogP contribution is -2.48. The summed E-state index contributed by atoms with van der Waals surface area (Å²) in [6.45, 7) is 2.12. The van der Waals surface area contributed by atoms with Gasteiger partial charge in [0, 0.05) is 0 Å². The van der Waals surface area contributed by atoms with Crippen molar-refractivity contribution < 1.29 is 0 Å². The molecule has 1 aromatic carbocycles. The maximum atomic E-state index is 9.72. The minimum absolute atomic E-state index is 0.184. The lowest BCUT2D eigenvalue weighted by Gasteiger charge is -2.53. The molecule has 0 saturated heterocycles. The quantitative estimate of drug-likeness (QED) is 0.699. The number of rotatable bonds is 1. The Bertz CT molecular complexity index is 493. The van der Waals surface area contributed by atoms with Crippen molar-refractivity contribution in [2.24, 2.45) is 5.41 Å². The SMILES string of the molecule is Cc1cccc(C2(C#N)CC3(CCCCCC3)C2)c1. The van der Waals surface area contributed by atoms with Gasteiger partial charge in [-0.1, -0.05) is 55.5 Å². The van der Waals surface area contributed by atoms with Crippen LogP contribution in [0.5, 0.6) is 0 Å². The first-order chi connectivity index (χ1) is 9.18. The molecule has 0 atom stereocenters. The molecule has 0 aromatic heterocycles. The molecule has 19 heavy (non-hydrogen) atoms. The molecular weight excluding hydrogens is 230 g/mol. The normalized spacial score (nSPS) is 24.2.